The molecular weight excluding hydrogens is 224 g/mol. The largest absolute Gasteiger partial charge is 0.370 e. The minimum atomic E-state index is 0.458. The standard InChI is InChI=1S/C12H13ClN2O/c1-2-15(7-3-6-14)12-5-4-10(9-16)8-11(12)13/h4-5,8-9H,2-3,7H2,1H3. The third kappa shape index (κ3) is 2.98. The summed E-state index contributed by atoms with van der Waals surface area (Å²) in [5.41, 5.74) is 1.43. The first-order valence-corrected chi connectivity index (χ1v) is 5.47. The lowest BCUT2D eigenvalue weighted by Crippen LogP contribution is -2.23. The van der Waals surface area contributed by atoms with E-state index in [0.717, 1.165) is 18.5 Å². The van der Waals surface area contributed by atoms with E-state index >= 15 is 0 Å². The molecule has 1 aromatic carbocycles. The van der Waals surface area contributed by atoms with Crippen molar-refractivity contribution in [3.8, 4) is 6.07 Å². The van der Waals surface area contributed by atoms with Crippen LogP contribution in [0.15, 0.2) is 18.2 Å². The van der Waals surface area contributed by atoms with Crippen LogP contribution in [-0.2, 0) is 0 Å². The lowest BCUT2D eigenvalue weighted by molar-refractivity contribution is 0.112. The fourth-order valence-corrected chi connectivity index (χ4v) is 1.80. The molecule has 0 heterocycles. The Hall–Kier alpha value is -1.53. The van der Waals surface area contributed by atoms with Gasteiger partial charge in [-0.25, -0.2) is 0 Å². The average Bonchev–Trinajstić information content (AvgIpc) is 2.31. The predicted octanol–water partition coefficient (Wildman–Crippen LogP) is 2.89. The van der Waals surface area contributed by atoms with E-state index in [1.54, 1.807) is 12.1 Å². The molecule has 16 heavy (non-hydrogen) atoms. The van der Waals surface area contributed by atoms with E-state index < -0.39 is 0 Å². The molecule has 1 rings (SSSR count). The van der Waals surface area contributed by atoms with Gasteiger partial charge in [0.1, 0.15) is 6.29 Å². The Morgan fingerprint density at radius 1 is 1.56 bits per heavy atom. The molecule has 84 valence electrons. The maximum atomic E-state index is 10.6. The van der Waals surface area contributed by atoms with Crippen molar-refractivity contribution in [2.24, 2.45) is 0 Å². The zero-order chi connectivity index (χ0) is 12.0. The molecular formula is C12H13ClN2O. The van der Waals surface area contributed by atoms with E-state index in [1.807, 2.05) is 17.9 Å². The number of rotatable bonds is 5. The molecule has 0 radical (unpaired) electrons. The zero-order valence-electron chi connectivity index (χ0n) is 9.11. The van der Waals surface area contributed by atoms with Crippen LogP contribution in [0.1, 0.15) is 23.7 Å². The van der Waals surface area contributed by atoms with Crippen LogP contribution < -0.4 is 4.90 Å². The highest BCUT2D eigenvalue weighted by atomic mass is 35.5. The minimum absolute atomic E-state index is 0.458. The summed E-state index contributed by atoms with van der Waals surface area (Å²) >= 11 is 6.08. The topological polar surface area (TPSA) is 44.1 Å². The van der Waals surface area contributed by atoms with Crippen molar-refractivity contribution < 1.29 is 4.79 Å². The van der Waals surface area contributed by atoms with Gasteiger partial charge in [0.05, 0.1) is 23.2 Å². The number of nitrogens with zero attached hydrogens (tertiary/aromatic N) is 2. The Labute approximate surface area is 100 Å². The number of hydrogen-bond donors (Lipinski definition) is 0. The monoisotopic (exact) mass is 236 g/mol. The van der Waals surface area contributed by atoms with Crippen LogP contribution >= 0.6 is 11.6 Å². The van der Waals surface area contributed by atoms with Gasteiger partial charge in [-0.1, -0.05) is 11.6 Å². The van der Waals surface area contributed by atoms with Gasteiger partial charge in [0.15, 0.2) is 0 Å². The van der Waals surface area contributed by atoms with Crippen LogP contribution in [0.3, 0.4) is 0 Å². The highest BCUT2D eigenvalue weighted by molar-refractivity contribution is 6.33. The first-order valence-electron chi connectivity index (χ1n) is 5.09. The van der Waals surface area contributed by atoms with Gasteiger partial charge in [0.2, 0.25) is 0 Å². The van der Waals surface area contributed by atoms with Crippen molar-refractivity contribution in [1.29, 1.82) is 5.26 Å². The van der Waals surface area contributed by atoms with Crippen molar-refractivity contribution in [2.75, 3.05) is 18.0 Å². The smallest absolute Gasteiger partial charge is 0.150 e. The third-order valence-corrected chi connectivity index (χ3v) is 2.63. The van der Waals surface area contributed by atoms with E-state index in [9.17, 15) is 4.79 Å². The van der Waals surface area contributed by atoms with E-state index in [4.69, 9.17) is 16.9 Å². The predicted molar refractivity (Wildman–Crippen MR) is 65.0 cm³/mol. The average molecular weight is 237 g/mol. The molecule has 0 aliphatic rings. The number of aldehydes is 1. The molecule has 0 saturated heterocycles. The quantitative estimate of drug-likeness (QED) is 0.739. The molecule has 0 aromatic heterocycles. The molecule has 0 bridgehead atoms. The first-order chi connectivity index (χ1) is 7.72. The second kappa shape index (κ2) is 6.14. The highest BCUT2D eigenvalue weighted by Crippen LogP contribution is 2.26. The van der Waals surface area contributed by atoms with Gasteiger partial charge in [-0.2, -0.15) is 5.26 Å². The summed E-state index contributed by atoms with van der Waals surface area (Å²) in [7, 11) is 0. The zero-order valence-corrected chi connectivity index (χ0v) is 9.87. The van der Waals surface area contributed by atoms with Crippen LogP contribution in [0.5, 0.6) is 0 Å². The summed E-state index contributed by atoms with van der Waals surface area (Å²) in [4.78, 5) is 12.6. The van der Waals surface area contributed by atoms with Crippen molar-refractivity contribution in [3.63, 3.8) is 0 Å². The van der Waals surface area contributed by atoms with Crippen LogP contribution in [-0.4, -0.2) is 19.4 Å². The van der Waals surface area contributed by atoms with Crippen molar-refractivity contribution in [3.05, 3.63) is 28.8 Å². The Morgan fingerprint density at radius 3 is 2.81 bits per heavy atom. The van der Waals surface area contributed by atoms with Gasteiger partial charge >= 0.3 is 0 Å². The molecule has 0 saturated carbocycles. The first kappa shape index (κ1) is 12.5. The second-order valence-corrected chi connectivity index (χ2v) is 3.72. The number of nitriles is 1. The van der Waals surface area contributed by atoms with E-state index in [1.165, 1.54) is 0 Å². The maximum Gasteiger partial charge on any atom is 0.150 e. The number of carbonyl (C=O) groups is 1. The lowest BCUT2D eigenvalue weighted by Gasteiger charge is -2.23. The molecule has 0 aliphatic heterocycles. The molecule has 4 heteroatoms. The van der Waals surface area contributed by atoms with Gasteiger partial charge in [-0.3, -0.25) is 4.79 Å². The van der Waals surface area contributed by atoms with Gasteiger partial charge in [0.25, 0.3) is 0 Å². The van der Waals surface area contributed by atoms with Crippen molar-refractivity contribution >= 4 is 23.6 Å². The Morgan fingerprint density at radius 2 is 2.31 bits per heavy atom. The summed E-state index contributed by atoms with van der Waals surface area (Å²) in [6.45, 7) is 3.43. The van der Waals surface area contributed by atoms with E-state index in [2.05, 4.69) is 6.07 Å². The molecule has 0 spiro atoms. The summed E-state index contributed by atoms with van der Waals surface area (Å²) in [5.74, 6) is 0. The Balaban J connectivity index is 2.93. The number of carbonyl (C=O) groups excluding carboxylic acids is 1. The highest BCUT2D eigenvalue weighted by Gasteiger charge is 2.08. The number of halogens is 1. The van der Waals surface area contributed by atoms with Crippen LogP contribution in [0.25, 0.3) is 0 Å². The van der Waals surface area contributed by atoms with Crippen LogP contribution in [0, 0.1) is 11.3 Å². The van der Waals surface area contributed by atoms with Gasteiger partial charge in [0, 0.05) is 18.7 Å². The normalized spacial score (nSPS) is 9.56. The molecule has 0 amide bonds. The molecule has 0 aliphatic carbocycles. The number of hydrogen-bond acceptors (Lipinski definition) is 3. The van der Waals surface area contributed by atoms with Crippen molar-refractivity contribution in [2.45, 2.75) is 13.3 Å². The van der Waals surface area contributed by atoms with Gasteiger partial charge in [-0.15, -0.1) is 0 Å². The summed E-state index contributed by atoms with van der Waals surface area (Å²) in [6, 6.07) is 7.28. The summed E-state index contributed by atoms with van der Waals surface area (Å²) in [6.07, 6.45) is 1.22. The Bertz CT molecular complexity index is 412. The Kier molecular flexibility index (Phi) is 4.81. The molecule has 0 N–H and O–H groups in total. The van der Waals surface area contributed by atoms with Crippen LogP contribution in [0.2, 0.25) is 5.02 Å². The van der Waals surface area contributed by atoms with Crippen LogP contribution in [0.4, 0.5) is 5.69 Å². The number of anilines is 1. The SMILES string of the molecule is CCN(CCC#N)c1ccc(C=O)cc1Cl. The molecule has 1 aromatic rings. The lowest BCUT2D eigenvalue weighted by atomic mass is 10.2. The fourth-order valence-electron chi connectivity index (χ4n) is 1.49. The van der Waals surface area contributed by atoms with Gasteiger partial charge < -0.3 is 4.90 Å². The number of benzene rings is 1. The third-order valence-electron chi connectivity index (χ3n) is 2.32. The molecule has 3 nitrogen and oxygen atoms in total. The van der Waals surface area contributed by atoms with E-state index in [0.29, 0.717) is 23.6 Å². The van der Waals surface area contributed by atoms with E-state index in [-0.39, 0.29) is 0 Å². The molecule has 0 atom stereocenters. The molecule has 0 fully saturated rings. The molecule has 0 unspecified atom stereocenters. The second-order valence-electron chi connectivity index (χ2n) is 3.32. The van der Waals surface area contributed by atoms with Gasteiger partial charge in [-0.05, 0) is 25.1 Å². The summed E-state index contributed by atoms with van der Waals surface area (Å²) in [5, 5.41) is 9.10. The fraction of sp³-hybridized carbons (Fsp3) is 0.333. The minimum Gasteiger partial charge on any atom is -0.370 e. The summed E-state index contributed by atoms with van der Waals surface area (Å²) < 4.78 is 0. The maximum absolute atomic E-state index is 10.6. The van der Waals surface area contributed by atoms with Crippen molar-refractivity contribution in [1.82, 2.24) is 0 Å².